The molecule has 0 spiro atoms. The highest BCUT2D eigenvalue weighted by atomic mass is 16.5. The number of aromatic nitrogens is 1. The van der Waals surface area contributed by atoms with Crippen molar-refractivity contribution in [2.75, 3.05) is 17.7 Å². The molecule has 5 nitrogen and oxygen atoms in total. The van der Waals surface area contributed by atoms with E-state index in [9.17, 15) is 4.79 Å². The van der Waals surface area contributed by atoms with Gasteiger partial charge in [0.05, 0.1) is 7.11 Å². The van der Waals surface area contributed by atoms with Crippen LogP contribution < -0.4 is 15.4 Å². The molecular formula is C21H21N3O2. The largest absolute Gasteiger partial charge is 0.497 e. The summed E-state index contributed by atoms with van der Waals surface area (Å²) in [7, 11) is 1.63. The number of aryl methyl sites for hydroxylation is 2. The molecule has 2 N–H and O–H groups in total. The number of methoxy groups -OCH3 is 1. The van der Waals surface area contributed by atoms with Crippen LogP contribution in [0.4, 0.5) is 17.1 Å². The second-order valence-electron chi connectivity index (χ2n) is 6.06. The SMILES string of the molecule is COc1cccc(Nc2ccnc(C(=O)Nc3ccc(C)cc3C)c2)c1. The number of carbonyl (C=O) groups is 1. The first-order chi connectivity index (χ1) is 12.5. The summed E-state index contributed by atoms with van der Waals surface area (Å²) in [4.78, 5) is 16.7. The van der Waals surface area contributed by atoms with Gasteiger partial charge in [0, 0.05) is 29.3 Å². The van der Waals surface area contributed by atoms with Crippen LogP contribution in [0.2, 0.25) is 0 Å². The Morgan fingerprint density at radius 3 is 2.58 bits per heavy atom. The minimum atomic E-state index is -0.244. The van der Waals surface area contributed by atoms with Gasteiger partial charge >= 0.3 is 0 Å². The van der Waals surface area contributed by atoms with Crippen molar-refractivity contribution in [2.45, 2.75) is 13.8 Å². The Balaban J connectivity index is 1.76. The number of carbonyl (C=O) groups excluding carboxylic acids is 1. The van der Waals surface area contributed by atoms with E-state index in [0.717, 1.165) is 33.9 Å². The normalized spacial score (nSPS) is 10.3. The number of rotatable bonds is 5. The van der Waals surface area contributed by atoms with Gasteiger partial charge in [-0.15, -0.1) is 0 Å². The molecule has 0 aliphatic rings. The van der Waals surface area contributed by atoms with E-state index in [4.69, 9.17) is 4.74 Å². The van der Waals surface area contributed by atoms with E-state index in [-0.39, 0.29) is 5.91 Å². The van der Waals surface area contributed by atoms with Crippen molar-refractivity contribution in [1.82, 2.24) is 4.98 Å². The van der Waals surface area contributed by atoms with Crippen LogP contribution in [0.3, 0.4) is 0 Å². The molecule has 3 aromatic rings. The minimum Gasteiger partial charge on any atom is -0.497 e. The molecular weight excluding hydrogens is 326 g/mol. The Morgan fingerprint density at radius 2 is 1.81 bits per heavy atom. The fourth-order valence-electron chi connectivity index (χ4n) is 2.64. The molecule has 3 rings (SSSR count). The Bertz CT molecular complexity index is 938. The summed E-state index contributed by atoms with van der Waals surface area (Å²) in [5.41, 5.74) is 4.95. The molecule has 1 aromatic heterocycles. The third kappa shape index (κ3) is 4.19. The van der Waals surface area contributed by atoms with Gasteiger partial charge in [0.2, 0.25) is 0 Å². The number of hydrogen-bond acceptors (Lipinski definition) is 4. The van der Waals surface area contributed by atoms with E-state index in [1.54, 1.807) is 19.4 Å². The van der Waals surface area contributed by atoms with E-state index >= 15 is 0 Å². The lowest BCUT2D eigenvalue weighted by Crippen LogP contribution is -2.14. The number of amides is 1. The molecule has 1 heterocycles. The highest BCUT2D eigenvalue weighted by Gasteiger charge is 2.10. The van der Waals surface area contributed by atoms with Crippen molar-refractivity contribution < 1.29 is 9.53 Å². The molecule has 0 saturated heterocycles. The topological polar surface area (TPSA) is 63.2 Å². The van der Waals surface area contributed by atoms with Crippen LogP contribution >= 0.6 is 0 Å². The van der Waals surface area contributed by atoms with Gasteiger partial charge in [0.15, 0.2) is 0 Å². The molecule has 0 unspecified atom stereocenters. The number of hydrogen-bond donors (Lipinski definition) is 2. The fourth-order valence-corrected chi connectivity index (χ4v) is 2.64. The fraction of sp³-hybridized carbons (Fsp3) is 0.143. The first-order valence-electron chi connectivity index (χ1n) is 8.31. The summed E-state index contributed by atoms with van der Waals surface area (Å²) >= 11 is 0. The lowest BCUT2D eigenvalue weighted by atomic mass is 10.1. The van der Waals surface area contributed by atoms with Gasteiger partial charge in [-0.25, -0.2) is 0 Å². The second kappa shape index (κ2) is 7.70. The summed E-state index contributed by atoms with van der Waals surface area (Å²) in [6, 6.07) is 17.0. The molecule has 1 amide bonds. The maximum Gasteiger partial charge on any atom is 0.274 e. The van der Waals surface area contributed by atoms with Crippen molar-refractivity contribution in [3.8, 4) is 5.75 Å². The molecule has 0 aliphatic carbocycles. The maximum atomic E-state index is 12.5. The number of pyridine rings is 1. The average Bonchev–Trinajstić information content (AvgIpc) is 2.64. The molecule has 0 bridgehead atoms. The zero-order valence-electron chi connectivity index (χ0n) is 15.0. The summed E-state index contributed by atoms with van der Waals surface area (Å²) in [6.07, 6.45) is 1.61. The quantitative estimate of drug-likeness (QED) is 0.702. The van der Waals surface area contributed by atoms with Crippen molar-refractivity contribution in [3.63, 3.8) is 0 Å². The van der Waals surface area contributed by atoms with Gasteiger partial charge in [-0.3, -0.25) is 9.78 Å². The van der Waals surface area contributed by atoms with Crippen LogP contribution in [0.1, 0.15) is 21.6 Å². The molecule has 132 valence electrons. The van der Waals surface area contributed by atoms with Gasteiger partial charge < -0.3 is 15.4 Å². The number of nitrogens with one attached hydrogen (secondary N) is 2. The Labute approximate surface area is 153 Å². The minimum absolute atomic E-state index is 0.244. The maximum absolute atomic E-state index is 12.5. The monoisotopic (exact) mass is 347 g/mol. The predicted octanol–water partition coefficient (Wildman–Crippen LogP) is 4.70. The summed E-state index contributed by atoms with van der Waals surface area (Å²) < 4.78 is 5.22. The first kappa shape index (κ1) is 17.5. The zero-order chi connectivity index (χ0) is 18.5. The summed E-state index contributed by atoms with van der Waals surface area (Å²) in [5.74, 6) is 0.517. The molecule has 0 atom stereocenters. The van der Waals surface area contributed by atoms with Crippen LogP contribution in [0.5, 0.6) is 5.75 Å². The summed E-state index contributed by atoms with van der Waals surface area (Å²) in [6.45, 7) is 3.99. The standard InChI is InChI=1S/C21H21N3O2/c1-14-7-8-19(15(2)11-14)24-21(25)20-13-17(9-10-22-20)23-16-5-4-6-18(12-16)26-3/h4-13H,1-3H3,(H,22,23)(H,24,25). The Kier molecular flexibility index (Phi) is 5.17. The number of nitrogens with zero attached hydrogens (tertiary/aromatic N) is 1. The van der Waals surface area contributed by atoms with Gasteiger partial charge in [-0.1, -0.05) is 23.8 Å². The Morgan fingerprint density at radius 1 is 1.00 bits per heavy atom. The molecule has 0 saturated carbocycles. The van der Waals surface area contributed by atoms with Crippen LogP contribution in [-0.2, 0) is 0 Å². The van der Waals surface area contributed by atoms with Crippen LogP contribution in [0, 0.1) is 13.8 Å². The highest BCUT2D eigenvalue weighted by molar-refractivity contribution is 6.03. The van der Waals surface area contributed by atoms with Crippen molar-refractivity contribution in [2.24, 2.45) is 0 Å². The van der Waals surface area contributed by atoms with Gasteiger partial charge in [-0.05, 0) is 49.7 Å². The number of ether oxygens (including phenoxy) is 1. The van der Waals surface area contributed by atoms with E-state index in [0.29, 0.717) is 5.69 Å². The van der Waals surface area contributed by atoms with E-state index in [2.05, 4.69) is 15.6 Å². The number of anilines is 3. The zero-order valence-corrected chi connectivity index (χ0v) is 15.0. The molecule has 2 aromatic carbocycles. The van der Waals surface area contributed by atoms with Crippen LogP contribution in [-0.4, -0.2) is 18.0 Å². The van der Waals surface area contributed by atoms with Crippen LogP contribution in [0.15, 0.2) is 60.8 Å². The molecule has 0 fully saturated rings. The van der Waals surface area contributed by atoms with E-state index in [1.807, 2.05) is 62.4 Å². The molecule has 26 heavy (non-hydrogen) atoms. The van der Waals surface area contributed by atoms with Gasteiger partial charge in [0.1, 0.15) is 11.4 Å². The summed E-state index contributed by atoms with van der Waals surface area (Å²) in [5, 5.41) is 6.17. The van der Waals surface area contributed by atoms with Crippen molar-refractivity contribution in [1.29, 1.82) is 0 Å². The second-order valence-corrected chi connectivity index (χ2v) is 6.06. The molecule has 0 aliphatic heterocycles. The predicted molar refractivity (Wildman–Crippen MR) is 104 cm³/mol. The lowest BCUT2D eigenvalue weighted by molar-refractivity contribution is 0.102. The number of benzene rings is 2. The average molecular weight is 347 g/mol. The highest BCUT2D eigenvalue weighted by Crippen LogP contribution is 2.22. The lowest BCUT2D eigenvalue weighted by Gasteiger charge is -2.11. The molecule has 0 radical (unpaired) electrons. The Hall–Kier alpha value is -3.34. The third-order valence-corrected chi connectivity index (χ3v) is 3.98. The molecule has 5 heteroatoms. The third-order valence-electron chi connectivity index (χ3n) is 3.98. The van der Waals surface area contributed by atoms with E-state index < -0.39 is 0 Å². The first-order valence-corrected chi connectivity index (χ1v) is 8.31. The van der Waals surface area contributed by atoms with Gasteiger partial charge in [-0.2, -0.15) is 0 Å². The van der Waals surface area contributed by atoms with Crippen LogP contribution in [0.25, 0.3) is 0 Å². The van der Waals surface area contributed by atoms with Gasteiger partial charge in [0.25, 0.3) is 5.91 Å². The van der Waals surface area contributed by atoms with Crippen molar-refractivity contribution in [3.05, 3.63) is 77.6 Å². The smallest absolute Gasteiger partial charge is 0.274 e. The van der Waals surface area contributed by atoms with E-state index in [1.165, 1.54) is 0 Å². The van der Waals surface area contributed by atoms with Crippen molar-refractivity contribution >= 4 is 23.0 Å².